The largest absolute Gasteiger partial charge is 0.387 e. The van der Waals surface area contributed by atoms with E-state index in [0.29, 0.717) is 0 Å². The Labute approximate surface area is 104 Å². The number of halogens is 1. The Morgan fingerprint density at radius 1 is 1.38 bits per heavy atom. The molecular formula is C13H15BrN2. The standard InChI is InChI=1S/C13H15BrN2/c1-4-11-8(2)12(15-3)9-6-5-7-10(14)13(9)16-11/h5-7H,4H2,1-3H3,(H,15,16). The van der Waals surface area contributed by atoms with Gasteiger partial charge in [0.2, 0.25) is 0 Å². The zero-order valence-corrected chi connectivity index (χ0v) is 11.4. The number of aromatic nitrogens is 1. The smallest absolute Gasteiger partial charge is 0.0868 e. The molecule has 0 aliphatic carbocycles. The zero-order chi connectivity index (χ0) is 11.7. The Bertz CT molecular complexity index is 535. The van der Waals surface area contributed by atoms with Crippen LogP contribution < -0.4 is 5.32 Å². The minimum Gasteiger partial charge on any atom is -0.387 e. The third kappa shape index (κ3) is 1.69. The summed E-state index contributed by atoms with van der Waals surface area (Å²) in [5.74, 6) is 0. The van der Waals surface area contributed by atoms with Crippen molar-refractivity contribution in [3.05, 3.63) is 33.9 Å². The Kier molecular flexibility index (Phi) is 3.15. The first-order valence-electron chi connectivity index (χ1n) is 5.44. The molecule has 16 heavy (non-hydrogen) atoms. The van der Waals surface area contributed by atoms with Crippen LogP contribution >= 0.6 is 15.9 Å². The number of hydrogen-bond donors (Lipinski definition) is 1. The second-order valence-electron chi connectivity index (χ2n) is 3.80. The van der Waals surface area contributed by atoms with E-state index in [9.17, 15) is 0 Å². The quantitative estimate of drug-likeness (QED) is 0.901. The molecule has 0 atom stereocenters. The zero-order valence-electron chi connectivity index (χ0n) is 9.76. The molecule has 0 saturated heterocycles. The van der Waals surface area contributed by atoms with Gasteiger partial charge in [-0.05, 0) is 40.9 Å². The SMILES string of the molecule is CCc1nc2c(Br)cccc2c(NC)c1C. The van der Waals surface area contributed by atoms with Crippen LogP contribution in [0.25, 0.3) is 10.9 Å². The summed E-state index contributed by atoms with van der Waals surface area (Å²) in [6.45, 7) is 4.26. The van der Waals surface area contributed by atoms with Gasteiger partial charge in [-0.2, -0.15) is 0 Å². The summed E-state index contributed by atoms with van der Waals surface area (Å²) < 4.78 is 1.05. The first-order valence-corrected chi connectivity index (χ1v) is 6.23. The van der Waals surface area contributed by atoms with E-state index in [2.05, 4.69) is 41.2 Å². The van der Waals surface area contributed by atoms with Gasteiger partial charge in [-0.15, -0.1) is 0 Å². The van der Waals surface area contributed by atoms with Crippen LogP contribution in [0.1, 0.15) is 18.2 Å². The van der Waals surface area contributed by atoms with E-state index in [1.807, 2.05) is 19.2 Å². The van der Waals surface area contributed by atoms with Crippen molar-refractivity contribution >= 4 is 32.5 Å². The number of pyridine rings is 1. The lowest BCUT2D eigenvalue weighted by Crippen LogP contribution is -2.01. The van der Waals surface area contributed by atoms with Crippen LogP contribution in [0, 0.1) is 6.92 Å². The van der Waals surface area contributed by atoms with Gasteiger partial charge >= 0.3 is 0 Å². The van der Waals surface area contributed by atoms with E-state index in [4.69, 9.17) is 4.98 Å². The molecule has 0 saturated carbocycles. The molecule has 0 spiro atoms. The van der Waals surface area contributed by atoms with Gasteiger partial charge in [0.1, 0.15) is 0 Å². The monoisotopic (exact) mass is 278 g/mol. The molecule has 0 radical (unpaired) electrons. The third-order valence-electron chi connectivity index (χ3n) is 2.90. The predicted molar refractivity (Wildman–Crippen MR) is 73.1 cm³/mol. The molecule has 2 rings (SSSR count). The fraction of sp³-hybridized carbons (Fsp3) is 0.308. The van der Waals surface area contributed by atoms with E-state index < -0.39 is 0 Å². The highest BCUT2D eigenvalue weighted by atomic mass is 79.9. The topological polar surface area (TPSA) is 24.9 Å². The predicted octanol–water partition coefficient (Wildman–Crippen LogP) is 3.91. The molecule has 84 valence electrons. The van der Waals surface area contributed by atoms with Gasteiger partial charge in [0.25, 0.3) is 0 Å². The lowest BCUT2D eigenvalue weighted by Gasteiger charge is -2.13. The Morgan fingerprint density at radius 3 is 2.75 bits per heavy atom. The minimum absolute atomic E-state index is 0.956. The van der Waals surface area contributed by atoms with Crippen molar-refractivity contribution in [2.75, 3.05) is 12.4 Å². The van der Waals surface area contributed by atoms with E-state index in [1.54, 1.807) is 0 Å². The summed E-state index contributed by atoms with van der Waals surface area (Å²) in [6, 6.07) is 6.18. The molecule has 2 nitrogen and oxygen atoms in total. The number of fused-ring (bicyclic) bond motifs is 1. The number of nitrogens with one attached hydrogen (secondary N) is 1. The molecule has 0 aliphatic heterocycles. The third-order valence-corrected chi connectivity index (χ3v) is 3.54. The van der Waals surface area contributed by atoms with Gasteiger partial charge < -0.3 is 5.32 Å². The van der Waals surface area contributed by atoms with E-state index in [0.717, 1.165) is 22.1 Å². The van der Waals surface area contributed by atoms with E-state index in [1.165, 1.54) is 16.6 Å². The molecule has 0 unspecified atom stereocenters. The van der Waals surface area contributed by atoms with Crippen molar-refractivity contribution < 1.29 is 0 Å². The lowest BCUT2D eigenvalue weighted by atomic mass is 10.1. The Balaban J connectivity index is 2.89. The molecule has 1 heterocycles. The van der Waals surface area contributed by atoms with Crippen molar-refractivity contribution in [1.29, 1.82) is 0 Å². The van der Waals surface area contributed by atoms with Crippen LogP contribution in [0.5, 0.6) is 0 Å². The number of para-hydroxylation sites is 1. The number of anilines is 1. The van der Waals surface area contributed by atoms with Crippen LogP contribution in [0.3, 0.4) is 0 Å². The Morgan fingerprint density at radius 2 is 2.12 bits per heavy atom. The molecule has 1 aromatic carbocycles. The van der Waals surface area contributed by atoms with Crippen molar-refractivity contribution in [3.8, 4) is 0 Å². The van der Waals surface area contributed by atoms with Crippen LogP contribution in [0.15, 0.2) is 22.7 Å². The summed E-state index contributed by atoms with van der Waals surface area (Å²) in [5.41, 5.74) is 4.62. The van der Waals surface area contributed by atoms with Gasteiger partial charge in [0.05, 0.1) is 5.52 Å². The summed E-state index contributed by atoms with van der Waals surface area (Å²) in [5, 5.41) is 4.45. The molecule has 1 N–H and O–H groups in total. The maximum atomic E-state index is 4.71. The highest BCUT2D eigenvalue weighted by Gasteiger charge is 2.10. The molecule has 0 aliphatic rings. The summed E-state index contributed by atoms with van der Waals surface area (Å²) in [4.78, 5) is 4.71. The van der Waals surface area contributed by atoms with Crippen LogP contribution in [0.4, 0.5) is 5.69 Å². The summed E-state index contributed by atoms with van der Waals surface area (Å²) in [6.07, 6.45) is 0.956. The Hall–Kier alpha value is -1.09. The van der Waals surface area contributed by atoms with Crippen LogP contribution in [0.2, 0.25) is 0 Å². The maximum Gasteiger partial charge on any atom is 0.0868 e. The van der Waals surface area contributed by atoms with E-state index >= 15 is 0 Å². The van der Waals surface area contributed by atoms with Crippen LogP contribution in [-0.2, 0) is 6.42 Å². The first kappa shape index (κ1) is 11.4. The lowest BCUT2D eigenvalue weighted by molar-refractivity contribution is 1.03. The highest BCUT2D eigenvalue weighted by Crippen LogP contribution is 2.31. The molecule has 0 amide bonds. The fourth-order valence-electron chi connectivity index (χ4n) is 2.06. The number of nitrogens with zero attached hydrogens (tertiary/aromatic N) is 1. The van der Waals surface area contributed by atoms with Gasteiger partial charge in [-0.3, -0.25) is 4.98 Å². The minimum atomic E-state index is 0.956. The van der Waals surface area contributed by atoms with Gasteiger partial charge in [0.15, 0.2) is 0 Å². The molecule has 3 heteroatoms. The van der Waals surface area contributed by atoms with Gasteiger partial charge in [0, 0.05) is 28.3 Å². The van der Waals surface area contributed by atoms with Crippen molar-refractivity contribution in [2.24, 2.45) is 0 Å². The number of hydrogen-bond acceptors (Lipinski definition) is 2. The van der Waals surface area contributed by atoms with Crippen LogP contribution in [-0.4, -0.2) is 12.0 Å². The van der Waals surface area contributed by atoms with Gasteiger partial charge in [-0.1, -0.05) is 19.1 Å². The normalized spacial score (nSPS) is 10.8. The number of rotatable bonds is 2. The molecule has 0 bridgehead atoms. The van der Waals surface area contributed by atoms with Gasteiger partial charge in [-0.25, -0.2) is 0 Å². The van der Waals surface area contributed by atoms with Crippen molar-refractivity contribution in [3.63, 3.8) is 0 Å². The number of aryl methyl sites for hydroxylation is 1. The second kappa shape index (κ2) is 4.42. The highest BCUT2D eigenvalue weighted by molar-refractivity contribution is 9.10. The average molecular weight is 279 g/mol. The number of benzene rings is 1. The second-order valence-corrected chi connectivity index (χ2v) is 4.65. The molecule has 1 aromatic heterocycles. The van der Waals surface area contributed by atoms with Crippen molar-refractivity contribution in [1.82, 2.24) is 4.98 Å². The van der Waals surface area contributed by atoms with Crippen molar-refractivity contribution in [2.45, 2.75) is 20.3 Å². The fourth-order valence-corrected chi connectivity index (χ4v) is 2.52. The molecule has 2 aromatic rings. The summed E-state index contributed by atoms with van der Waals surface area (Å²) >= 11 is 3.56. The molecule has 0 fully saturated rings. The maximum absolute atomic E-state index is 4.71. The first-order chi connectivity index (χ1) is 7.69. The average Bonchev–Trinajstić information content (AvgIpc) is 2.29. The van der Waals surface area contributed by atoms with E-state index in [-0.39, 0.29) is 0 Å². The summed E-state index contributed by atoms with van der Waals surface area (Å²) in [7, 11) is 1.96. The molecular weight excluding hydrogens is 264 g/mol.